The molecule has 0 spiro atoms. The molecule has 0 aliphatic carbocycles. The summed E-state index contributed by atoms with van der Waals surface area (Å²) in [6.45, 7) is 0. The van der Waals surface area contributed by atoms with Crippen molar-refractivity contribution >= 4 is 18.1 Å². The molecule has 0 fully saturated rings. The van der Waals surface area contributed by atoms with Crippen molar-refractivity contribution in [3.8, 4) is 5.75 Å². The Hall–Kier alpha value is -2.04. The second-order valence-electron chi connectivity index (χ2n) is 2.27. The van der Waals surface area contributed by atoms with E-state index in [1.165, 1.54) is 18.2 Å². The number of rotatable bonds is 3. The Kier molecular flexibility index (Phi) is 2.49. The molecule has 5 heteroatoms. The van der Waals surface area contributed by atoms with Crippen LogP contribution in [0.25, 0.3) is 0 Å². The average Bonchev–Trinajstić information content (AvgIpc) is 2.04. The van der Waals surface area contributed by atoms with E-state index in [2.05, 4.69) is 5.32 Å². The lowest BCUT2D eigenvalue weighted by Crippen LogP contribution is -2.04. The van der Waals surface area contributed by atoms with Gasteiger partial charge in [0.25, 0.3) is 0 Å². The quantitative estimate of drug-likeness (QED) is 0.598. The first kappa shape index (κ1) is 9.05. The fourth-order valence-corrected chi connectivity index (χ4v) is 0.949. The summed E-state index contributed by atoms with van der Waals surface area (Å²) in [6.07, 6.45) is 0.348. The first-order valence-corrected chi connectivity index (χ1v) is 3.42. The van der Waals surface area contributed by atoms with Crippen molar-refractivity contribution in [2.24, 2.45) is 0 Å². The van der Waals surface area contributed by atoms with Crippen molar-refractivity contribution in [3.05, 3.63) is 23.8 Å². The summed E-state index contributed by atoms with van der Waals surface area (Å²) in [5.41, 5.74) is -0.239. The first-order valence-electron chi connectivity index (χ1n) is 3.42. The first-order chi connectivity index (χ1) is 6.16. The molecule has 1 aromatic carbocycles. The maximum Gasteiger partial charge on any atom is 0.341 e. The number of carbonyl (C=O) groups excluding carboxylic acids is 1. The molecule has 1 aromatic rings. The van der Waals surface area contributed by atoms with Crippen molar-refractivity contribution in [1.29, 1.82) is 0 Å². The third kappa shape index (κ3) is 1.76. The van der Waals surface area contributed by atoms with Crippen LogP contribution in [-0.2, 0) is 4.79 Å². The SMILES string of the molecule is O=CNc1cccc(O)c1C(=O)O. The Morgan fingerprint density at radius 2 is 2.15 bits per heavy atom. The fourth-order valence-electron chi connectivity index (χ4n) is 0.949. The minimum atomic E-state index is -1.29. The number of benzene rings is 1. The molecule has 0 atom stereocenters. The van der Waals surface area contributed by atoms with Crippen LogP contribution < -0.4 is 5.32 Å². The van der Waals surface area contributed by atoms with E-state index >= 15 is 0 Å². The van der Waals surface area contributed by atoms with Crippen LogP contribution in [-0.4, -0.2) is 22.6 Å². The number of carboxylic acid groups (broad SMARTS) is 1. The van der Waals surface area contributed by atoms with Gasteiger partial charge in [-0.1, -0.05) is 6.07 Å². The third-order valence-electron chi connectivity index (χ3n) is 1.47. The highest BCUT2D eigenvalue weighted by Gasteiger charge is 2.13. The lowest BCUT2D eigenvalue weighted by atomic mass is 10.1. The van der Waals surface area contributed by atoms with E-state index in [1.807, 2.05) is 0 Å². The van der Waals surface area contributed by atoms with Gasteiger partial charge in [-0.2, -0.15) is 0 Å². The smallest absolute Gasteiger partial charge is 0.341 e. The number of nitrogens with one attached hydrogen (secondary N) is 1. The van der Waals surface area contributed by atoms with Crippen molar-refractivity contribution in [3.63, 3.8) is 0 Å². The number of phenols is 1. The molecule has 68 valence electrons. The second kappa shape index (κ2) is 3.57. The Labute approximate surface area is 73.6 Å². The minimum Gasteiger partial charge on any atom is -0.507 e. The highest BCUT2D eigenvalue weighted by atomic mass is 16.4. The summed E-state index contributed by atoms with van der Waals surface area (Å²) >= 11 is 0. The highest BCUT2D eigenvalue weighted by molar-refractivity contribution is 5.99. The zero-order valence-corrected chi connectivity index (χ0v) is 6.52. The van der Waals surface area contributed by atoms with Gasteiger partial charge >= 0.3 is 5.97 Å². The van der Waals surface area contributed by atoms with E-state index in [4.69, 9.17) is 10.2 Å². The molecule has 0 radical (unpaired) electrons. The van der Waals surface area contributed by atoms with Crippen LogP contribution in [0.3, 0.4) is 0 Å². The van der Waals surface area contributed by atoms with Gasteiger partial charge in [-0.05, 0) is 12.1 Å². The van der Waals surface area contributed by atoms with E-state index in [0.29, 0.717) is 6.41 Å². The number of aromatic hydroxyl groups is 1. The summed E-state index contributed by atoms with van der Waals surface area (Å²) in [4.78, 5) is 20.7. The molecule has 0 aliphatic rings. The standard InChI is InChI=1S/C8H7NO4/c10-4-9-5-2-1-3-6(11)7(5)8(12)13/h1-4,11H,(H,9,10)(H,12,13). The highest BCUT2D eigenvalue weighted by Crippen LogP contribution is 2.24. The van der Waals surface area contributed by atoms with Gasteiger partial charge in [0, 0.05) is 0 Å². The molecule has 0 aromatic heterocycles. The van der Waals surface area contributed by atoms with Gasteiger partial charge in [0.15, 0.2) is 0 Å². The van der Waals surface area contributed by atoms with E-state index in [0.717, 1.165) is 0 Å². The van der Waals surface area contributed by atoms with Crippen LogP contribution in [0.2, 0.25) is 0 Å². The molecule has 0 unspecified atom stereocenters. The number of amides is 1. The Morgan fingerprint density at radius 1 is 1.46 bits per heavy atom. The van der Waals surface area contributed by atoms with E-state index < -0.39 is 5.97 Å². The topological polar surface area (TPSA) is 86.6 Å². The van der Waals surface area contributed by atoms with Crippen molar-refractivity contribution in [2.45, 2.75) is 0 Å². The van der Waals surface area contributed by atoms with Crippen molar-refractivity contribution < 1.29 is 19.8 Å². The predicted octanol–water partition coefficient (Wildman–Crippen LogP) is 0.659. The van der Waals surface area contributed by atoms with Gasteiger partial charge in [-0.15, -0.1) is 0 Å². The van der Waals surface area contributed by atoms with Gasteiger partial charge in [-0.3, -0.25) is 4.79 Å². The lowest BCUT2D eigenvalue weighted by molar-refractivity contribution is -0.105. The fraction of sp³-hybridized carbons (Fsp3) is 0. The normalized spacial score (nSPS) is 9.23. The van der Waals surface area contributed by atoms with Crippen LogP contribution in [0, 0.1) is 0 Å². The molecule has 13 heavy (non-hydrogen) atoms. The summed E-state index contributed by atoms with van der Waals surface area (Å²) < 4.78 is 0. The number of hydrogen-bond donors (Lipinski definition) is 3. The van der Waals surface area contributed by atoms with Crippen molar-refractivity contribution in [2.75, 3.05) is 5.32 Å². The molecular formula is C8H7NO4. The molecule has 0 saturated carbocycles. The van der Waals surface area contributed by atoms with Crippen LogP contribution in [0.15, 0.2) is 18.2 Å². The number of anilines is 1. The van der Waals surface area contributed by atoms with Gasteiger partial charge in [0.1, 0.15) is 11.3 Å². The number of aromatic carboxylic acids is 1. The maximum atomic E-state index is 10.6. The van der Waals surface area contributed by atoms with Gasteiger partial charge in [-0.25, -0.2) is 4.79 Å². The predicted molar refractivity (Wildman–Crippen MR) is 44.8 cm³/mol. The Morgan fingerprint density at radius 3 is 2.69 bits per heavy atom. The molecule has 1 amide bonds. The van der Waals surface area contributed by atoms with E-state index in [1.54, 1.807) is 0 Å². The van der Waals surface area contributed by atoms with E-state index in [9.17, 15) is 9.59 Å². The van der Waals surface area contributed by atoms with Crippen molar-refractivity contribution in [1.82, 2.24) is 0 Å². The summed E-state index contributed by atoms with van der Waals surface area (Å²) in [5, 5.41) is 20.0. The van der Waals surface area contributed by atoms with Crippen LogP contribution in [0.4, 0.5) is 5.69 Å². The Bertz CT molecular complexity index is 348. The molecule has 0 bridgehead atoms. The zero-order chi connectivity index (χ0) is 9.84. The minimum absolute atomic E-state index is 0.0718. The molecule has 0 heterocycles. The molecule has 0 saturated heterocycles. The Balaban J connectivity index is 3.25. The monoisotopic (exact) mass is 181 g/mol. The maximum absolute atomic E-state index is 10.6. The summed E-state index contributed by atoms with van der Waals surface area (Å²) in [6, 6.07) is 4.06. The molecule has 0 aliphatic heterocycles. The molecule has 5 nitrogen and oxygen atoms in total. The van der Waals surface area contributed by atoms with Crippen LogP contribution >= 0.6 is 0 Å². The third-order valence-corrected chi connectivity index (χ3v) is 1.47. The average molecular weight is 181 g/mol. The summed E-state index contributed by atoms with van der Waals surface area (Å²) in [7, 11) is 0. The number of carboxylic acids is 1. The summed E-state index contributed by atoms with van der Waals surface area (Å²) in [5.74, 6) is -1.66. The van der Waals surface area contributed by atoms with Crippen LogP contribution in [0.1, 0.15) is 10.4 Å². The largest absolute Gasteiger partial charge is 0.507 e. The molecular weight excluding hydrogens is 174 g/mol. The van der Waals surface area contributed by atoms with Gasteiger partial charge < -0.3 is 15.5 Å². The number of hydrogen-bond acceptors (Lipinski definition) is 3. The number of carbonyl (C=O) groups is 2. The van der Waals surface area contributed by atoms with Gasteiger partial charge in [0.05, 0.1) is 5.69 Å². The van der Waals surface area contributed by atoms with Gasteiger partial charge in [0.2, 0.25) is 6.41 Å². The molecule has 1 rings (SSSR count). The van der Waals surface area contributed by atoms with Crippen LogP contribution in [0.5, 0.6) is 5.75 Å². The zero-order valence-electron chi connectivity index (χ0n) is 6.52. The molecule has 3 N–H and O–H groups in total. The van der Waals surface area contributed by atoms with E-state index in [-0.39, 0.29) is 17.0 Å². The lowest BCUT2D eigenvalue weighted by Gasteiger charge is -2.04. The second-order valence-corrected chi connectivity index (χ2v) is 2.27.